The quantitative estimate of drug-likeness (QED) is 0.852. The molecule has 0 aromatic heterocycles. The molecule has 2 aromatic carbocycles. The van der Waals surface area contributed by atoms with E-state index in [0.717, 1.165) is 5.75 Å². The van der Waals surface area contributed by atoms with Gasteiger partial charge in [-0.3, -0.25) is 4.79 Å². The number of amides is 1. The highest BCUT2D eigenvalue weighted by molar-refractivity contribution is 5.80. The molecule has 0 aliphatic rings. The van der Waals surface area contributed by atoms with Crippen molar-refractivity contribution in [3.05, 3.63) is 60.2 Å². The van der Waals surface area contributed by atoms with Crippen molar-refractivity contribution in [2.24, 2.45) is 0 Å². The van der Waals surface area contributed by atoms with Crippen molar-refractivity contribution in [2.75, 3.05) is 13.7 Å². The molecule has 0 heterocycles. The zero-order valence-electron chi connectivity index (χ0n) is 13.8. The third-order valence-electron chi connectivity index (χ3n) is 3.69. The molecule has 2 rings (SSSR count). The number of hydrogen-bond acceptors (Lipinski definition) is 3. The maximum Gasteiger partial charge on any atom is 0.260 e. The van der Waals surface area contributed by atoms with Gasteiger partial charge in [-0.25, -0.2) is 0 Å². The number of rotatable bonds is 7. The van der Waals surface area contributed by atoms with Crippen LogP contribution in [0.3, 0.4) is 0 Å². The number of benzene rings is 2. The Labute approximate surface area is 137 Å². The maximum atomic E-state index is 12.1. The van der Waals surface area contributed by atoms with E-state index in [4.69, 9.17) is 9.47 Å². The molecule has 2 aromatic rings. The predicted molar refractivity (Wildman–Crippen MR) is 91.0 cm³/mol. The lowest BCUT2D eigenvalue weighted by molar-refractivity contribution is -0.127. The molecule has 1 amide bonds. The molecular formula is C19H23NO3. The Morgan fingerprint density at radius 3 is 2.22 bits per heavy atom. The number of carbonyl (C=O) groups is 1. The minimum Gasteiger partial charge on any atom is -0.497 e. The fourth-order valence-electron chi connectivity index (χ4n) is 2.21. The molecule has 0 spiro atoms. The SMILES string of the molecule is COc1ccc(O[C@H](C)C(=O)NC[C@@H](C)c2ccccc2)cc1. The Bertz CT molecular complexity index is 610. The van der Waals surface area contributed by atoms with Gasteiger partial charge >= 0.3 is 0 Å². The van der Waals surface area contributed by atoms with Gasteiger partial charge in [-0.2, -0.15) is 0 Å². The summed E-state index contributed by atoms with van der Waals surface area (Å²) < 4.78 is 10.7. The summed E-state index contributed by atoms with van der Waals surface area (Å²) in [6, 6.07) is 17.3. The molecule has 1 N–H and O–H groups in total. The van der Waals surface area contributed by atoms with Crippen LogP contribution in [0.15, 0.2) is 54.6 Å². The summed E-state index contributed by atoms with van der Waals surface area (Å²) >= 11 is 0. The molecule has 0 aliphatic heterocycles. The summed E-state index contributed by atoms with van der Waals surface area (Å²) in [4.78, 5) is 12.1. The first kappa shape index (κ1) is 16.9. The van der Waals surface area contributed by atoms with Gasteiger partial charge in [0.05, 0.1) is 7.11 Å². The molecule has 0 fully saturated rings. The first-order valence-corrected chi connectivity index (χ1v) is 7.73. The second-order valence-electron chi connectivity index (χ2n) is 5.49. The molecule has 0 unspecified atom stereocenters. The predicted octanol–water partition coefficient (Wildman–Crippen LogP) is 3.38. The van der Waals surface area contributed by atoms with Gasteiger partial charge in [-0.1, -0.05) is 37.3 Å². The normalized spacial score (nSPS) is 13.0. The van der Waals surface area contributed by atoms with Gasteiger partial charge in [0.25, 0.3) is 5.91 Å². The number of methoxy groups -OCH3 is 1. The van der Waals surface area contributed by atoms with Crippen molar-refractivity contribution < 1.29 is 14.3 Å². The van der Waals surface area contributed by atoms with Gasteiger partial charge in [-0.05, 0) is 42.7 Å². The van der Waals surface area contributed by atoms with Crippen LogP contribution in [-0.4, -0.2) is 25.7 Å². The van der Waals surface area contributed by atoms with Crippen LogP contribution < -0.4 is 14.8 Å². The highest BCUT2D eigenvalue weighted by atomic mass is 16.5. The van der Waals surface area contributed by atoms with E-state index in [1.54, 1.807) is 38.3 Å². The second-order valence-corrected chi connectivity index (χ2v) is 5.49. The molecule has 0 bridgehead atoms. The van der Waals surface area contributed by atoms with Crippen LogP contribution >= 0.6 is 0 Å². The number of nitrogens with one attached hydrogen (secondary N) is 1. The molecule has 0 saturated carbocycles. The number of hydrogen-bond donors (Lipinski definition) is 1. The number of carbonyl (C=O) groups excluding carboxylic acids is 1. The lowest BCUT2D eigenvalue weighted by atomic mass is 10.0. The van der Waals surface area contributed by atoms with Crippen LogP contribution in [-0.2, 0) is 4.79 Å². The van der Waals surface area contributed by atoms with Gasteiger partial charge in [0.15, 0.2) is 6.10 Å². The first-order valence-electron chi connectivity index (χ1n) is 7.73. The van der Waals surface area contributed by atoms with Crippen molar-refractivity contribution in [3.8, 4) is 11.5 Å². The standard InChI is InChI=1S/C19H23NO3/c1-14(16-7-5-4-6-8-16)13-20-19(21)15(2)23-18-11-9-17(22-3)10-12-18/h4-12,14-15H,13H2,1-3H3,(H,20,21)/t14-,15-/m1/s1. The summed E-state index contributed by atoms with van der Waals surface area (Å²) in [7, 11) is 1.61. The van der Waals surface area contributed by atoms with Crippen molar-refractivity contribution in [3.63, 3.8) is 0 Å². The Kier molecular flexibility index (Phi) is 6.03. The average Bonchev–Trinajstić information content (AvgIpc) is 2.60. The van der Waals surface area contributed by atoms with E-state index in [-0.39, 0.29) is 11.8 Å². The fraction of sp³-hybridized carbons (Fsp3) is 0.316. The van der Waals surface area contributed by atoms with Crippen molar-refractivity contribution in [1.29, 1.82) is 0 Å². The number of ether oxygens (including phenoxy) is 2. The molecule has 0 radical (unpaired) electrons. The third-order valence-corrected chi connectivity index (χ3v) is 3.69. The zero-order chi connectivity index (χ0) is 16.7. The van der Waals surface area contributed by atoms with Crippen molar-refractivity contribution >= 4 is 5.91 Å². The molecule has 0 saturated heterocycles. The topological polar surface area (TPSA) is 47.6 Å². The molecule has 23 heavy (non-hydrogen) atoms. The monoisotopic (exact) mass is 313 g/mol. The Morgan fingerprint density at radius 1 is 1.00 bits per heavy atom. The van der Waals surface area contributed by atoms with E-state index in [1.165, 1.54) is 5.56 Å². The minimum atomic E-state index is -0.550. The van der Waals surface area contributed by atoms with Gasteiger partial charge < -0.3 is 14.8 Å². The van der Waals surface area contributed by atoms with E-state index >= 15 is 0 Å². The molecular weight excluding hydrogens is 290 g/mol. The van der Waals surface area contributed by atoms with Crippen LogP contribution in [0.1, 0.15) is 25.3 Å². The highest BCUT2D eigenvalue weighted by Gasteiger charge is 2.15. The van der Waals surface area contributed by atoms with Crippen LogP contribution in [0, 0.1) is 0 Å². The van der Waals surface area contributed by atoms with E-state index in [1.807, 2.05) is 18.2 Å². The molecule has 122 valence electrons. The Balaban J connectivity index is 1.82. The molecule has 2 atom stereocenters. The largest absolute Gasteiger partial charge is 0.497 e. The van der Waals surface area contributed by atoms with E-state index < -0.39 is 6.10 Å². The van der Waals surface area contributed by atoms with Gasteiger partial charge in [0.1, 0.15) is 11.5 Å². The lowest BCUT2D eigenvalue weighted by Gasteiger charge is -2.17. The fourth-order valence-corrected chi connectivity index (χ4v) is 2.21. The Hall–Kier alpha value is -2.49. The van der Waals surface area contributed by atoms with Crippen molar-refractivity contribution in [2.45, 2.75) is 25.9 Å². The third kappa shape index (κ3) is 5.02. The Morgan fingerprint density at radius 2 is 1.61 bits per heavy atom. The average molecular weight is 313 g/mol. The summed E-state index contributed by atoms with van der Waals surface area (Å²) in [6.07, 6.45) is -0.550. The first-order chi connectivity index (χ1) is 11.1. The highest BCUT2D eigenvalue weighted by Crippen LogP contribution is 2.18. The van der Waals surface area contributed by atoms with Crippen LogP contribution in [0.5, 0.6) is 11.5 Å². The summed E-state index contributed by atoms with van der Waals surface area (Å²) in [5.41, 5.74) is 1.21. The van der Waals surface area contributed by atoms with Crippen LogP contribution in [0.25, 0.3) is 0 Å². The van der Waals surface area contributed by atoms with E-state index in [0.29, 0.717) is 12.3 Å². The summed E-state index contributed by atoms with van der Waals surface area (Å²) in [5, 5.41) is 2.93. The second kappa shape index (κ2) is 8.22. The van der Waals surface area contributed by atoms with Gasteiger partial charge in [-0.15, -0.1) is 0 Å². The maximum absolute atomic E-state index is 12.1. The lowest BCUT2D eigenvalue weighted by Crippen LogP contribution is -2.38. The smallest absolute Gasteiger partial charge is 0.260 e. The summed E-state index contributed by atoms with van der Waals surface area (Å²) in [5.74, 6) is 1.53. The molecule has 4 nitrogen and oxygen atoms in total. The van der Waals surface area contributed by atoms with Gasteiger partial charge in [0, 0.05) is 6.54 Å². The van der Waals surface area contributed by atoms with Crippen LogP contribution in [0.4, 0.5) is 0 Å². The van der Waals surface area contributed by atoms with Crippen molar-refractivity contribution in [1.82, 2.24) is 5.32 Å². The van der Waals surface area contributed by atoms with Crippen LogP contribution in [0.2, 0.25) is 0 Å². The molecule has 0 aliphatic carbocycles. The van der Waals surface area contributed by atoms with E-state index in [2.05, 4.69) is 24.4 Å². The van der Waals surface area contributed by atoms with Gasteiger partial charge in [0.2, 0.25) is 0 Å². The zero-order valence-corrected chi connectivity index (χ0v) is 13.8. The molecule has 4 heteroatoms. The minimum absolute atomic E-state index is 0.122. The van der Waals surface area contributed by atoms with E-state index in [9.17, 15) is 4.79 Å². The summed E-state index contributed by atoms with van der Waals surface area (Å²) in [6.45, 7) is 4.41.